The topological polar surface area (TPSA) is 88.7 Å². The summed E-state index contributed by atoms with van der Waals surface area (Å²) in [5.41, 5.74) is 1.58. The number of hydrogen-bond donors (Lipinski definition) is 3. The number of para-hydroxylation sites is 1. The van der Waals surface area contributed by atoms with E-state index < -0.39 is 0 Å². The Kier molecular flexibility index (Phi) is 9.07. The summed E-state index contributed by atoms with van der Waals surface area (Å²) in [6.07, 6.45) is 0.844. The summed E-state index contributed by atoms with van der Waals surface area (Å²) in [6.45, 7) is 3.41. The van der Waals surface area contributed by atoms with Gasteiger partial charge in [-0.05, 0) is 55.0 Å². The Morgan fingerprint density at radius 1 is 1.00 bits per heavy atom. The lowest BCUT2D eigenvalue weighted by Gasteiger charge is -2.13. The van der Waals surface area contributed by atoms with Crippen LogP contribution in [-0.2, 0) is 4.74 Å². The van der Waals surface area contributed by atoms with Gasteiger partial charge >= 0.3 is 0 Å². The molecule has 2 amide bonds. The third kappa shape index (κ3) is 7.17. The SMILES string of the molecule is CCCOc1ccccc1C(=O)NC(=S)Nc1ccc(C(=O)NCCOC)cc1. The standard InChI is InChI=1S/C21H25N3O4S/c1-3-13-28-18-7-5-4-6-17(18)20(26)24-21(29)23-16-10-8-15(9-11-16)19(25)22-12-14-27-2/h4-11H,3,12-14H2,1-2H3,(H,22,25)(H2,23,24,26,29). The molecule has 2 rings (SSSR count). The van der Waals surface area contributed by atoms with Gasteiger partial charge in [0.05, 0.1) is 18.8 Å². The number of carbonyl (C=O) groups excluding carboxylic acids is 2. The van der Waals surface area contributed by atoms with Crippen LogP contribution in [0.1, 0.15) is 34.1 Å². The molecule has 0 aliphatic heterocycles. The van der Waals surface area contributed by atoms with Crippen molar-refractivity contribution in [3.63, 3.8) is 0 Å². The fraction of sp³-hybridized carbons (Fsp3) is 0.286. The van der Waals surface area contributed by atoms with E-state index in [0.29, 0.717) is 42.3 Å². The molecule has 0 radical (unpaired) electrons. The molecule has 154 valence electrons. The van der Waals surface area contributed by atoms with Crippen LogP contribution in [0.15, 0.2) is 48.5 Å². The lowest BCUT2D eigenvalue weighted by Crippen LogP contribution is -2.34. The number of thiocarbonyl (C=S) groups is 1. The second-order valence-corrected chi connectivity index (χ2v) is 6.49. The monoisotopic (exact) mass is 415 g/mol. The van der Waals surface area contributed by atoms with E-state index in [9.17, 15) is 9.59 Å². The average molecular weight is 416 g/mol. The van der Waals surface area contributed by atoms with E-state index in [4.69, 9.17) is 21.7 Å². The number of nitrogens with one attached hydrogen (secondary N) is 3. The minimum absolute atomic E-state index is 0.151. The van der Waals surface area contributed by atoms with Crippen molar-refractivity contribution in [2.75, 3.05) is 32.2 Å². The van der Waals surface area contributed by atoms with Crippen molar-refractivity contribution >= 4 is 34.8 Å². The van der Waals surface area contributed by atoms with E-state index in [1.54, 1.807) is 49.6 Å². The molecular weight excluding hydrogens is 390 g/mol. The van der Waals surface area contributed by atoms with Gasteiger partial charge in [0.25, 0.3) is 11.8 Å². The van der Waals surface area contributed by atoms with Gasteiger partial charge in [-0.3, -0.25) is 14.9 Å². The number of anilines is 1. The lowest BCUT2D eigenvalue weighted by molar-refractivity contribution is 0.0935. The van der Waals surface area contributed by atoms with E-state index in [-0.39, 0.29) is 16.9 Å². The van der Waals surface area contributed by atoms with E-state index in [2.05, 4.69) is 16.0 Å². The van der Waals surface area contributed by atoms with Crippen molar-refractivity contribution < 1.29 is 19.1 Å². The quantitative estimate of drug-likeness (QED) is 0.431. The highest BCUT2D eigenvalue weighted by molar-refractivity contribution is 7.80. The van der Waals surface area contributed by atoms with Crippen molar-refractivity contribution in [3.05, 3.63) is 59.7 Å². The van der Waals surface area contributed by atoms with Crippen molar-refractivity contribution in [1.29, 1.82) is 0 Å². The molecule has 0 heterocycles. The summed E-state index contributed by atoms with van der Waals surface area (Å²) in [4.78, 5) is 24.5. The lowest BCUT2D eigenvalue weighted by atomic mass is 10.2. The predicted molar refractivity (Wildman–Crippen MR) is 117 cm³/mol. The maximum Gasteiger partial charge on any atom is 0.261 e. The molecule has 2 aromatic carbocycles. The van der Waals surface area contributed by atoms with Crippen molar-refractivity contribution in [2.45, 2.75) is 13.3 Å². The van der Waals surface area contributed by atoms with Gasteiger partial charge in [0.2, 0.25) is 0 Å². The molecule has 3 N–H and O–H groups in total. The molecule has 0 saturated carbocycles. The first-order valence-corrected chi connectivity index (χ1v) is 9.67. The molecule has 7 nitrogen and oxygen atoms in total. The average Bonchev–Trinajstić information content (AvgIpc) is 2.73. The molecule has 0 saturated heterocycles. The number of ether oxygens (including phenoxy) is 2. The fourth-order valence-electron chi connectivity index (χ4n) is 2.40. The van der Waals surface area contributed by atoms with Crippen molar-refractivity contribution in [3.8, 4) is 5.75 Å². The highest BCUT2D eigenvalue weighted by atomic mass is 32.1. The molecule has 0 aromatic heterocycles. The summed E-state index contributed by atoms with van der Waals surface area (Å²) < 4.78 is 10.5. The van der Waals surface area contributed by atoms with Crippen molar-refractivity contribution in [1.82, 2.24) is 10.6 Å². The van der Waals surface area contributed by atoms with Crippen LogP contribution in [0.2, 0.25) is 0 Å². The summed E-state index contributed by atoms with van der Waals surface area (Å²) in [5.74, 6) is -0.0324. The van der Waals surface area contributed by atoms with Crippen LogP contribution in [0.5, 0.6) is 5.75 Å². The third-order valence-electron chi connectivity index (χ3n) is 3.82. The predicted octanol–water partition coefficient (Wildman–Crippen LogP) is 2.98. The fourth-order valence-corrected chi connectivity index (χ4v) is 2.61. The molecule has 0 aliphatic rings. The van der Waals surface area contributed by atoms with Gasteiger partial charge in [-0.15, -0.1) is 0 Å². The first-order valence-electron chi connectivity index (χ1n) is 9.26. The molecule has 0 unspecified atom stereocenters. The van der Waals surface area contributed by atoms with Gasteiger partial charge < -0.3 is 20.1 Å². The van der Waals surface area contributed by atoms with Crippen molar-refractivity contribution in [2.24, 2.45) is 0 Å². The van der Waals surface area contributed by atoms with Gasteiger partial charge in [-0.25, -0.2) is 0 Å². The number of rotatable bonds is 9. The van der Waals surface area contributed by atoms with Gasteiger partial charge in [-0.2, -0.15) is 0 Å². The van der Waals surface area contributed by atoms with Crippen LogP contribution in [0.3, 0.4) is 0 Å². The van der Waals surface area contributed by atoms with E-state index in [0.717, 1.165) is 6.42 Å². The van der Waals surface area contributed by atoms with Gasteiger partial charge in [0.15, 0.2) is 5.11 Å². The first-order chi connectivity index (χ1) is 14.0. The molecule has 8 heteroatoms. The van der Waals surface area contributed by atoms with Crippen LogP contribution in [0, 0.1) is 0 Å². The number of amides is 2. The smallest absolute Gasteiger partial charge is 0.261 e. The molecule has 0 atom stereocenters. The largest absolute Gasteiger partial charge is 0.493 e. The summed E-state index contributed by atoms with van der Waals surface area (Å²) in [6, 6.07) is 13.8. The summed E-state index contributed by atoms with van der Waals surface area (Å²) in [7, 11) is 1.57. The van der Waals surface area contributed by atoms with Crippen LogP contribution in [0.25, 0.3) is 0 Å². The Bertz CT molecular complexity index is 840. The summed E-state index contributed by atoms with van der Waals surface area (Å²) >= 11 is 5.22. The second kappa shape index (κ2) is 11.8. The zero-order chi connectivity index (χ0) is 21.1. The number of carbonyl (C=O) groups is 2. The van der Waals surface area contributed by atoms with Crippen LogP contribution in [0.4, 0.5) is 5.69 Å². The van der Waals surface area contributed by atoms with E-state index in [1.807, 2.05) is 13.0 Å². The Morgan fingerprint density at radius 3 is 2.41 bits per heavy atom. The second-order valence-electron chi connectivity index (χ2n) is 6.08. The number of benzene rings is 2. The van der Waals surface area contributed by atoms with E-state index in [1.165, 1.54) is 0 Å². The number of methoxy groups -OCH3 is 1. The Labute approximate surface area is 175 Å². The molecule has 0 bridgehead atoms. The van der Waals surface area contributed by atoms with Gasteiger partial charge in [0.1, 0.15) is 5.75 Å². The third-order valence-corrected chi connectivity index (χ3v) is 4.02. The Morgan fingerprint density at radius 2 is 1.72 bits per heavy atom. The van der Waals surface area contributed by atoms with Crippen LogP contribution >= 0.6 is 12.2 Å². The maximum atomic E-state index is 12.5. The summed E-state index contributed by atoms with van der Waals surface area (Å²) in [5, 5.41) is 8.47. The normalized spacial score (nSPS) is 10.1. The number of hydrogen-bond acceptors (Lipinski definition) is 5. The molecule has 0 spiro atoms. The van der Waals surface area contributed by atoms with Crippen LogP contribution in [-0.4, -0.2) is 43.8 Å². The zero-order valence-electron chi connectivity index (χ0n) is 16.5. The van der Waals surface area contributed by atoms with Crippen LogP contribution < -0.4 is 20.7 Å². The van der Waals surface area contributed by atoms with E-state index >= 15 is 0 Å². The molecule has 29 heavy (non-hydrogen) atoms. The molecule has 0 fully saturated rings. The highest BCUT2D eigenvalue weighted by Gasteiger charge is 2.13. The highest BCUT2D eigenvalue weighted by Crippen LogP contribution is 2.18. The van der Waals surface area contributed by atoms with Gasteiger partial charge in [-0.1, -0.05) is 19.1 Å². The Balaban J connectivity index is 1.92. The molecule has 2 aromatic rings. The first kappa shape index (κ1) is 22.3. The Hall–Kier alpha value is -2.97. The zero-order valence-corrected chi connectivity index (χ0v) is 17.3. The molecule has 0 aliphatic carbocycles. The maximum absolute atomic E-state index is 12.5. The minimum Gasteiger partial charge on any atom is -0.493 e. The van der Waals surface area contributed by atoms with Gasteiger partial charge in [0, 0.05) is 24.9 Å². The minimum atomic E-state index is -0.358. The molecular formula is C21H25N3O4S.